The summed E-state index contributed by atoms with van der Waals surface area (Å²) in [5.74, 6) is 0.803. The molecule has 0 bridgehead atoms. The van der Waals surface area contributed by atoms with Crippen LogP contribution in [0.5, 0.6) is 5.75 Å². The van der Waals surface area contributed by atoms with Gasteiger partial charge < -0.3 is 10.1 Å². The van der Waals surface area contributed by atoms with Crippen LogP contribution < -0.4 is 15.6 Å². The highest BCUT2D eigenvalue weighted by Gasteiger charge is 2.19. The van der Waals surface area contributed by atoms with Gasteiger partial charge in [-0.1, -0.05) is 30.0 Å². The second-order valence-corrected chi connectivity index (χ2v) is 9.15. The van der Waals surface area contributed by atoms with Crippen LogP contribution in [0.25, 0.3) is 10.2 Å². The average Bonchev–Trinajstić information content (AvgIpc) is 2.98. The van der Waals surface area contributed by atoms with Gasteiger partial charge in [-0.3, -0.25) is 14.2 Å². The molecule has 1 aromatic carbocycles. The highest BCUT2D eigenvalue weighted by atomic mass is 32.2. The molecule has 0 aliphatic carbocycles. The van der Waals surface area contributed by atoms with E-state index in [0.29, 0.717) is 17.1 Å². The molecule has 0 saturated heterocycles. The van der Waals surface area contributed by atoms with Gasteiger partial charge in [0, 0.05) is 23.0 Å². The summed E-state index contributed by atoms with van der Waals surface area (Å²) in [6.45, 7) is 8.25. The topological polar surface area (TPSA) is 73.2 Å². The standard InChI is InChI=1S/C21H25N3O3S2/c1-12(2)24-20(26)18-13(3)14(4)29-19(18)23-21(24)28-11-17(25)22-10-15-8-6-7-9-16(15)27-5/h6-9,12H,10-11H2,1-5H3,(H,22,25). The van der Waals surface area contributed by atoms with Crippen LogP contribution in [-0.2, 0) is 11.3 Å². The van der Waals surface area contributed by atoms with Crippen LogP contribution in [0.1, 0.15) is 35.9 Å². The number of para-hydroxylation sites is 1. The highest BCUT2D eigenvalue weighted by molar-refractivity contribution is 7.99. The maximum absolute atomic E-state index is 13.1. The van der Waals surface area contributed by atoms with Gasteiger partial charge in [0.1, 0.15) is 10.6 Å². The molecular formula is C21H25N3O3S2. The van der Waals surface area contributed by atoms with E-state index in [9.17, 15) is 9.59 Å². The second-order valence-electron chi connectivity index (χ2n) is 7.00. The lowest BCUT2D eigenvalue weighted by molar-refractivity contribution is -0.118. The van der Waals surface area contributed by atoms with E-state index in [1.54, 1.807) is 11.7 Å². The van der Waals surface area contributed by atoms with Crippen LogP contribution >= 0.6 is 23.1 Å². The van der Waals surface area contributed by atoms with Gasteiger partial charge in [0.15, 0.2) is 5.16 Å². The number of amides is 1. The number of methoxy groups -OCH3 is 1. The molecule has 0 fully saturated rings. The molecule has 1 amide bonds. The third kappa shape index (κ3) is 4.48. The summed E-state index contributed by atoms with van der Waals surface area (Å²) in [6.07, 6.45) is 0. The minimum absolute atomic E-state index is 0.0382. The summed E-state index contributed by atoms with van der Waals surface area (Å²) in [4.78, 5) is 32.0. The lowest BCUT2D eigenvalue weighted by Gasteiger charge is -2.15. The van der Waals surface area contributed by atoms with Crippen LogP contribution in [0.3, 0.4) is 0 Å². The number of aryl methyl sites for hydroxylation is 2. The first-order chi connectivity index (χ1) is 13.8. The zero-order valence-electron chi connectivity index (χ0n) is 17.2. The smallest absolute Gasteiger partial charge is 0.263 e. The minimum atomic E-state index is -0.121. The van der Waals surface area contributed by atoms with Gasteiger partial charge in [-0.05, 0) is 39.3 Å². The first kappa shape index (κ1) is 21.4. The molecule has 0 saturated carbocycles. The summed E-state index contributed by atoms with van der Waals surface area (Å²) < 4.78 is 6.99. The van der Waals surface area contributed by atoms with Crippen molar-refractivity contribution >= 4 is 39.2 Å². The number of rotatable bonds is 7. The Morgan fingerprint density at radius 2 is 2.03 bits per heavy atom. The van der Waals surface area contributed by atoms with Crippen molar-refractivity contribution in [2.24, 2.45) is 0 Å². The monoisotopic (exact) mass is 431 g/mol. The number of fused-ring (bicyclic) bond motifs is 1. The van der Waals surface area contributed by atoms with E-state index in [1.165, 1.54) is 23.1 Å². The Labute approximate surface area is 178 Å². The van der Waals surface area contributed by atoms with E-state index < -0.39 is 0 Å². The van der Waals surface area contributed by atoms with Gasteiger partial charge in [0.25, 0.3) is 5.56 Å². The number of carbonyl (C=O) groups is 1. The Hall–Kier alpha value is -2.32. The molecular weight excluding hydrogens is 406 g/mol. The van der Waals surface area contributed by atoms with Crippen LogP contribution in [-0.4, -0.2) is 28.3 Å². The number of ether oxygens (including phenoxy) is 1. The molecule has 0 aliphatic rings. The molecule has 29 heavy (non-hydrogen) atoms. The summed E-state index contributed by atoms with van der Waals surface area (Å²) in [5, 5.41) is 4.17. The van der Waals surface area contributed by atoms with E-state index >= 15 is 0 Å². The van der Waals surface area contributed by atoms with Crippen molar-refractivity contribution in [2.45, 2.75) is 45.4 Å². The molecule has 0 unspecified atom stereocenters. The Morgan fingerprint density at radius 3 is 2.72 bits per heavy atom. The largest absolute Gasteiger partial charge is 0.496 e. The Morgan fingerprint density at radius 1 is 1.31 bits per heavy atom. The van der Waals surface area contributed by atoms with Gasteiger partial charge in [-0.15, -0.1) is 11.3 Å². The number of aromatic nitrogens is 2. The van der Waals surface area contributed by atoms with E-state index in [0.717, 1.165) is 26.6 Å². The molecule has 0 aliphatic heterocycles. The fraction of sp³-hybridized carbons (Fsp3) is 0.381. The summed E-state index contributed by atoms with van der Waals surface area (Å²) in [7, 11) is 1.61. The van der Waals surface area contributed by atoms with Gasteiger partial charge in [0.2, 0.25) is 5.91 Å². The highest BCUT2D eigenvalue weighted by Crippen LogP contribution is 2.29. The van der Waals surface area contributed by atoms with Crippen molar-refractivity contribution in [3.8, 4) is 5.75 Å². The fourth-order valence-electron chi connectivity index (χ4n) is 3.07. The van der Waals surface area contributed by atoms with Crippen molar-refractivity contribution in [1.29, 1.82) is 0 Å². The molecule has 6 nitrogen and oxygen atoms in total. The van der Waals surface area contributed by atoms with Crippen LogP contribution in [0.2, 0.25) is 0 Å². The van der Waals surface area contributed by atoms with Crippen LogP contribution in [0.15, 0.2) is 34.2 Å². The molecule has 2 heterocycles. The predicted octanol–water partition coefficient (Wildman–Crippen LogP) is 4.07. The van der Waals surface area contributed by atoms with Crippen molar-refractivity contribution < 1.29 is 9.53 Å². The summed E-state index contributed by atoms with van der Waals surface area (Å²) >= 11 is 2.81. The molecule has 8 heteroatoms. The predicted molar refractivity (Wildman–Crippen MR) is 119 cm³/mol. The quantitative estimate of drug-likeness (QED) is 0.451. The molecule has 1 N–H and O–H groups in total. The van der Waals surface area contributed by atoms with Crippen molar-refractivity contribution in [1.82, 2.24) is 14.9 Å². The maximum Gasteiger partial charge on any atom is 0.263 e. The summed E-state index contributed by atoms with van der Waals surface area (Å²) in [5.41, 5.74) is 1.86. The number of nitrogens with one attached hydrogen (secondary N) is 1. The Kier molecular flexibility index (Phi) is 6.64. The third-order valence-electron chi connectivity index (χ3n) is 4.72. The fourth-order valence-corrected chi connectivity index (χ4v) is 5.10. The Balaban J connectivity index is 1.77. The number of hydrogen-bond donors (Lipinski definition) is 1. The molecule has 0 atom stereocenters. The van der Waals surface area contributed by atoms with Gasteiger partial charge in [0.05, 0.1) is 18.2 Å². The van der Waals surface area contributed by atoms with E-state index in [4.69, 9.17) is 9.72 Å². The maximum atomic E-state index is 13.1. The minimum Gasteiger partial charge on any atom is -0.496 e. The van der Waals surface area contributed by atoms with Crippen molar-refractivity contribution in [3.05, 3.63) is 50.6 Å². The average molecular weight is 432 g/mol. The van der Waals surface area contributed by atoms with Gasteiger partial charge in [-0.25, -0.2) is 4.98 Å². The normalized spacial score (nSPS) is 11.2. The molecule has 154 valence electrons. The number of nitrogens with zero attached hydrogens (tertiary/aromatic N) is 2. The number of thiophene rings is 1. The molecule has 3 rings (SSSR count). The zero-order valence-corrected chi connectivity index (χ0v) is 18.9. The lowest BCUT2D eigenvalue weighted by atomic mass is 10.2. The number of benzene rings is 1. The molecule has 2 aromatic heterocycles. The molecule has 0 spiro atoms. The molecule has 0 radical (unpaired) electrons. The number of carbonyl (C=O) groups excluding carboxylic acids is 1. The zero-order chi connectivity index (χ0) is 21.1. The lowest BCUT2D eigenvalue weighted by Crippen LogP contribution is -2.27. The first-order valence-corrected chi connectivity index (χ1v) is 11.2. The van der Waals surface area contributed by atoms with Gasteiger partial charge in [-0.2, -0.15) is 0 Å². The van der Waals surface area contributed by atoms with Gasteiger partial charge >= 0.3 is 0 Å². The van der Waals surface area contributed by atoms with Crippen molar-refractivity contribution in [2.75, 3.05) is 12.9 Å². The number of thioether (sulfide) groups is 1. The van der Waals surface area contributed by atoms with Crippen molar-refractivity contribution in [3.63, 3.8) is 0 Å². The van der Waals surface area contributed by atoms with E-state index in [2.05, 4.69) is 5.32 Å². The third-order valence-corrected chi connectivity index (χ3v) is 6.77. The molecule has 3 aromatic rings. The second kappa shape index (κ2) is 9.00. The van der Waals surface area contributed by atoms with E-state index in [-0.39, 0.29) is 23.3 Å². The summed E-state index contributed by atoms with van der Waals surface area (Å²) in [6, 6.07) is 7.53. The number of hydrogen-bond acceptors (Lipinski definition) is 6. The van der Waals surface area contributed by atoms with Crippen LogP contribution in [0.4, 0.5) is 0 Å². The van der Waals surface area contributed by atoms with E-state index in [1.807, 2.05) is 52.0 Å². The SMILES string of the molecule is COc1ccccc1CNC(=O)CSc1nc2sc(C)c(C)c2c(=O)n1C(C)C. The Bertz CT molecular complexity index is 1100. The first-order valence-electron chi connectivity index (χ1n) is 9.37. The van der Waals surface area contributed by atoms with Crippen LogP contribution in [0, 0.1) is 13.8 Å².